The summed E-state index contributed by atoms with van der Waals surface area (Å²) in [5.74, 6) is 0. The first-order valence-corrected chi connectivity index (χ1v) is 7.55. The van der Waals surface area contributed by atoms with Gasteiger partial charge in [0.05, 0.1) is 0 Å². The number of rotatable bonds is 5. The fraction of sp³-hybridized carbons (Fsp3) is 0.300. The molecule has 0 aliphatic heterocycles. The molecule has 2 aromatic rings. The van der Waals surface area contributed by atoms with E-state index in [0.29, 0.717) is 0 Å². The Kier molecular flexibility index (Phi) is 5.35. The number of benzene rings is 2. The third-order valence-corrected chi connectivity index (χ3v) is 3.65. The fourth-order valence-electron chi connectivity index (χ4n) is 2.34. The van der Waals surface area contributed by atoms with Gasteiger partial charge in [0.25, 0.3) is 0 Å². The number of hydrogen-bond acceptors (Lipinski definition) is 1. The Morgan fingerprint density at radius 3 is 1.62 bits per heavy atom. The molecule has 0 atom stereocenters. The lowest BCUT2D eigenvalue weighted by Gasteiger charge is -2.12. The van der Waals surface area contributed by atoms with Crippen molar-refractivity contribution in [2.24, 2.45) is 0 Å². The van der Waals surface area contributed by atoms with Gasteiger partial charge in [0.15, 0.2) is 0 Å². The first-order valence-electron chi connectivity index (χ1n) is 7.55. The summed E-state index contributed by atoms with van der Waals surface area (Å²) in [5.41, 5.74) is 6.52. The second kappa shape index (κ2) is 7.24. The highest BCUT2D eigenvalue weighted by Crippen LogP contribution is 2.24. The Morgan fingerprint density at radius 1 is 0.810 bits per heavy atom. The van der Waals surface area contributed by atoms with Crippen LogP contribution >= 0.6 is 0 Å². The van der Waals surface area contributed by atoms with Crippen molar-refractivity contribution in [3.63, 3.8) is 0 Å². The number of hydrogen-bond donors (Lipinski definition) is 0. The maximum atomic E-state index is 2.36. The molecule has 0 radical (unpaired) electrons. The van der Waals surface area contributed by atoms with Crippen LogP contribution in [-0.4, -0.2) is 25.5 Å². The van der Waals surface area contributed by atoms with Gasteiger partial charge in [0.1, 0.15) is 0 Å². The van der Waals surface area contributed by atoms with Crippen LogP contribution in [0.3, 0.4) is 0 Å². The van der Waals surface area contributed by atoms with Crippen LogP contribution < -0.4 is 0 Å². The van der Waals surface area contributed by atoms with E-state index in [-0.39, 0.29) is 0 Å². The van der Waals surface area contributed by atoms with Crippen molar-refractivity contribution in [3.05, 3.63) is 76.9 Å². The summed E-state index contributed by atoms with van der Waals surface area (Å²) in [6.45, 7) is 5.33. The third kappa shape index (κ3) is 4.57. The van der Waals surface area contributed by atoms with Crippen molar-refractivity contribution in [2.45, 2.75) is 20.3 Å². The van der Waals surface area contributed by atoms with Crippen molar-refractivity contribution in [2.75, 3.05) is 20.6 Å². The summed E-state index contributed by atoms with van der Waals surface area (Å²) in [6.07, 6.45) is 3.42. The van der Waals surface area contributed by atoms with E-state index < -0.39 is 0 Å². The van der Waals surface area contributed by atoms with Crippen LogP contribution in [-0.2, 0) is 0 Å². The molecule has 2 aromatic carbocycles. The molecule has 0 spiro atoms. The van der Waals surface area contributed by atoms with Gasteiger partial charge in [-0.15, -0.1) is 0 Å². The Bertz CT molecular complexity index is 541. The van der Waals surface area contributed by atoms with Gasteiger partial charge in [-0.25, -0.2) is 0 Å². The molecule has 0 aliphatic carbocycles. The topological polar surface area (TPSA) is 3.24 Å². The number of aryl methyl sites for hydroxylation is 2. The van der Waals surface area contributed by atoms with Crippen LogP contribution in [0.4, 0.5) is 0 Å². The van der Waals surface area contributed by atoms with Crippen molar-refractivity contribution >= 4 is 5.57 Å². The first kappa shape index (κ1) is 15.5. The maximum Gasteiger partial charge on any atom is 0.00101 e. The van der Waals surface area contributed by atoms with Gasteiger partial charge < -0.3 is 4.90 Å². The van der Waals surface area contributed by atoms with E-state index in [1.165, 1.54) is 27.8 Å². The summed E-state index contributed by atoms with van der Waals surface area (Å²) < 4.78 is 0. The molecule has 0 bridgehead atoms. The molecule has 0 aromatic heterocycles. The molecule has 1 heteroatoms. The Labute approximate surface area is 128 Å². The number of nitrogens with zero attached hydrogens (tertiary/aromatic N) is 1. The summed E-state index contributed by atoms with van der Waals surface area (Å²) in [5, 5.41) is 0. The SMILES string of the molecule is Cc1ccc(C(=CCCN(C)C)c2ccc(C)cc2)cc1. The van der Waals surface area contributed by atoms with Gasteiger partial charge in [-0.3, -0.25) is 0 Å². The fourth-order valence-corrected chi connectivity index (χ4v) is 2.34. The molecular formula is C20H25N. The van der Waals surface area contributed by atoms with Crippen molar-refractivity contribution in [1.29, 1.82) is 0 Å². The predicted octanol–water partition coefficient (Wildman–Crippen LogP) is 4.69. The minimum Gasteiger partial charge on any atom is -0.309 e. The highest BCUT2D eigenvalue weighted by atomic mass is 15.0. The molecule has 110 valence electrons. The van der Waals surface area contributed by atoms with Crippen LogP contribution in [0.5, 0.6) is 0 Å². The molecule has 0 fully saturated rings. The third-order valence-electron chi connectivity index (χ3n) is 3.65. The zero-order valence-electron chi connectivity index (χ0n) is 13.6. The highest BCUT2D eigenvalue weighted by Gasteiger charge is 2.05. The highest BCUT2D eigenvalue weighted by molar-refractivity contribution is 5.79. The van der Waals surface area contributed by atoms with Gasteiger partial charge in [-0.2, -0.15) is 0 Å². The van der Waals surface area contributed by atoms with Gasteiger partial charge in [-0.1, -0.05) is 65.7 Å². The Morgan fingerprint density at radius 2 is 1.24 bits per heavy atom. The van der Waals surface area contributed by atoms with Gasteiger partial charge in [-0.05, 0) is 51.1 Å². The molecule has 0 unspecified atom stereocenters. The zero-order valence-corrected chi connectivity index (χ0v) is 13.6. The molecule has 0 amide bonds. The molecule has 2 rings (SSSR count). The van der Waals surface area contributed by atoms with E-state index in [0.717, 1.165) is 13.0 Å². The molecule has 0 saturated carbocycles. The standard InChI is InChI=1S/C20H25N/c1-16-7-11-18(12-8-16)20(6-5-15-21(3)4)19-13-9-17(2)10-14-19/h6-14H,5,15H2,1-4H3. The molecule has 0 N–H and O–H groups in total. The lowest BCUT2D eigenvalue weighted by Crippen LogP contribution is -2.12. The van der Waals surface area contributed by atoms with Crippen LogP contribution in [0.25, 0.3) is 5.57 Å². The van der Waals surface area contributed by atoms with E-state index in [4.69, 9.17) is 0 Å². The van der Waals surface area contributed by atoms with E-state index in [2.05, 4.69) is 87.4 Å². The smallest absolute Gasteiger partial charge is 0.00101 e. The van der Waals surface area contributed by atoms with E-state index in [1.54, 1.807) is 0 Å². The van der Waals surface area contributed by atoms with E-state index in [1.807, 2.05) is 0 Å². The summed E-state index contributed by atoms with van der Waals surface area (Å²) in [4.78, 5) is 2.22. The minimum atomic E-state index is 1.06. The maximum absolute atomic E-state index is 2.36. The second-order valence-electron chi connectivity index (χ2n) is 5.94. The van der Waals surface area contributed by atoms with Crippen molar-refractivity contribution in [1.82, 2.24) is 4.90 Å². The average molecular weight is 279 g/mol. The quantitative estimate of drug-likeness (QED) is 0.767. The van der Waals surface area contributed by atoms with E-state index >= 15 is 0 Å². The Hall–Kier alpha value is -1.86. The summed E-state index contributed by atoms with van der Waals surface area (Å²) in [6, 6.07) is 17.6. The monoisotopic (exact) mass is 279 g/mol. The summed E-state index contributed by atoms with van der Waals surface area (Å²) in [7, 11) is 4.23. The normalized spacial score (nSPS) is 10.7. The molecular weight excluding hydrogens is 254 g/mol. The van der Waals surface area contributed by atoms with Crippen molar-refractivity contribution < 1.29 is 0 Å². The van der Waals surface area contributed by atoms with Gasteiger partial charge in [0.2, 0.25) is 0 Å². The van der Waals surface area contributed by atoms with Crippen LogP contribution in [0.2, 0.25) is 0 Å². The van der Waals surface area contributed by atoms with E-state index in [9.17, 15) is 0 Å². The largest absolute Gasteiger partial charge is 0.309 e. The lowest BCUT2D eigenvalue weighted by molar-refractivity contribution is 0.417. The van der Waals surface area contributed by atoms with Gasteiger partial charge >= 0.3 is 0 Å². The van der Waals surface area contributed by atoms with Crippen LogP contribution in [0, 0.1) is 13.8 Å². The van der Waals surface area contributed by atoms with Crippen LogP contribution in [0.15, 0.2) is 54.6 Å². The van der Waals surface area contributed by atoms with Crippen LogP contribution in [0.1, 0.15) is 28.7 Å². The van der Waals surface area contributed by atoms with Gasteiger partial charge in [0, 0.05) is 6.54 Å². The second-order valence-corrected chi connectivity index (χ2v) is 5.94. The predicted molar refractivity (Wildman–Crippen MR) is 92.6 cm³/mol. The Balaban J connectivity index is 2.34. The average Bonchev–Trinajstić information content (AvgIpc) is 2.46. The van der Waals surface area contributed by atoms with Crippen molar-refractivity contribution in [3.8, 4) is 0 Å². The summed E-state index contributed by atoms with van der Waals surface area (Å²) >= 11 is 0. The molecule has 21 heavy (non-hydrogen) atoms. The molecule has 0 heterocycles. The minimum absolute atomic E-state index is 1.06. The first-order chi connectivity index (χ1) is 10.1. The lowest BCUT2D eigenvalue weighted by atomic mass is 9.95. The molecule has 0 saturated heterocycles. The zero-order chi connectivity index (χ0) is 15.2. The molecule has 0 aliphatic rings. The molecule has 1 nitrogen and oxygen atoms in total.